The number of nitrogens with one attached hydrogen (secondary N) is 1. The van der Waals surface area contributed by atoms with Gasteiger partial charge in [-0.2, -0.15) is 0 Å². The fourth-order valence-electron chi connectivity index (χ4n) is 4.00. The van der Waals surface area contributed by atoms with Crippen molar-refractivity contribution in [3.8, 4) is 0 Å². The van der Waals surface area contributed by atoms with Crippen molar-refractivity contribution < 1.29 is 9.21 Å². The fourth-order valence-corrected chi connectivity index (χ4v) is 4.00. The summed E-state index contributed by atoms with van der Waals surface area (Å²) in [5, 5.41) is 3.24. The lowest BCUT2D eigenvalue weighted by Gasteiger charge is -2.11. The number of benzene rings is 2. The van der Waals surface area contributed by atoms with Crippen LogP contribution in [0.15, 0.2) is 56.5 Å². The number of nitrogens with zero attached hydrogens (tertiary/aromatic N) is 3. The molecule has 0 saturated heterocycles. The number of aryl methyl sites for hydroxylation is 1. The number of hydrogen-bond acceptors (Lipinski definition) is 5. The van der Waals surface area contributed by atoms with Crippen molar-refractivity contribution >= 4 is 33.6 Å². The molecule has 1 N–H and O–H groups in total. The second-order valence-corrected chi connectivity index (χ2v) is 7.50. The van der Waals surface area contributed by atoms with Gasteiger partial charge in [-0.1, -0.05) is 18.6 Å². The standard InChI is InChI=1S/C22H20N4O4/c27-20(13-26-17-6-3-4-7-18(17)30-22(26)29)23-14-9-10-16-15(12-14)21(28)25-11-5-1-2-8-19(25)24-16/h3-4,6-7,9-10,12H,1-2,5,8,11,13H2,(H,23,27). The maximum atomic E-state index is 13.0. The summed E-state index contributed by atoms with van der Waals surface area (Å²) >= 11 is 0. The molecular weight excluding hydrogens is 384 g/mol. The molecule has 8 heteroatoms. The summed E-state index contributed by atoms with van der Waals surface area (Å²) in [5.74, 6) is -0.145. The van der Waals surface area contributed by atoms with E-state index in [1.807, 2.05) is 0 Å². The van der Waals surface area contributed by atoms with Gasteiger partial charge >= 0.3 is 5.76 Å². The van der Waals surface area contributed by atoms with E-state index in [0.29, 0.717) is 34.2 Å². The first-order valence-corrected chi connectivity index (χ1v) is 10.0. The van der Waals surface area contributed by atoms with Crippen LogP contribution in [0.4, 0.5) is 5.69 Å². The van der Waals surface area contributed by atoms with Crippen molar-refractivity contribution in [2.45, 2.75) is 38.8 Å². The molecule has 1 aliphatic heterocycles. The van der Waals surface area contributed by atoms with Crippen molar-refractivity contribution in [2.75, 3.05) is 5.32 Å². The van der Waals surface area contributed by atoms with Crippen molar-refractivity contribution in [3.05, 3.63) is 69.2 Å². The monoisotopic (exact) mass is 404 g/mol. The first kappa shape index (κ1) is 18.4. The Labute approximate surface area is 170 Å². The van der Waals surface area contributed by atoms with Crippen LogP contribution in [0.5, 0.6) is 0 Å². The molecular formula is C22H20N4O4. The zero-order chi connectivity index (χ0) is 20.7. The van der Waals surface area contributed by atoms with Gasteiger partial charge in [0, 0.05) is 18.7 Å². The highest BCUT2D eigenvalue weighted by Crippen LogP contribution is 2.19. The average molecular weight is 404 g/mol. The van der Waals surface area contributed by atoms with E-state index in [4.69, 9.17) is 4.42 Å². The lowest BCUT2D eigenvalue weighted by atomic mass is 10.2. The minimum atomic E-state index is -0.588. The molecule has 0 bridgehead atoms. The number of carbonyl (C=O) groups is 1. The average Bonchev–Trinajstić information content (AvgIpc) is 2.90. The van der Waals surface area contributed by atoms with Gasteiger partial charge in [-0.15, -0.1) is 0 Å². The van der Waals surface area contributed by atoms with Crippen LogP contribution < -0.4 is 16.6 Å². The van der Waals surface area contributed by atoms with Gasteiger partial charge in [0.2, 0.25) is 5.91 Å². The number of aromatic nitrogens is 3. The summed E-state index contributed by atoms with van der Waals surface area (Å²) < 4.78 is 8.19. The molecule has 0 atom stereocenters. The van der Waals surface area contributed by atoms with Crippen LogP contribution in [-0.2, 0) is 24.3 Å². The van der Waals surface area contributed by atoms with Crippen LogP contribution in [0, 0.1) is 0 Å². The van der Waals surface area contributed by atoms with Crippen LogP contribution >= 0.6 is 0 Å². The molecule has 0 unspecified atom stereocenters. The Morgan fingerprint density at radius 2 is 1.97 bits per heavy atom. The van der Waals surface area contributed by atoms with Gasteiger partial charge < -0.3 is 9.73 Å². The minimum Gasteiger partial charge on any atom is -0.408 e. The molecule has 1 aliphatic rings. The lowest BCUT2D eigenvalue weighted by molar-refractivity contribution is -0.116. The molecule has 4 aromatic rings. The highest BCUT2D eigenvalue weighted by molar-refractivity contribution is 5.94. The van der Waals surface area contributed by atoms with Gasteiger partial charge in [-0.25, -0.2) is 9.78 Å². The first-order chi connectivity index (χ1) is 14.6. The van der Waals surface area contributed by atoms with Gasteiger partial charge in [-0.3, -0.25) is 18.7 Å². The molecule has 0 aliphatic carbocycles. The largest absolute Gasteiger partial charge is 0.420 e. The van der Waals surface area contributed by atoms with Crippen molar-refractivity contribution in [1.82, 2.24) is 14.1 Å². The molecule has 0 spiro atoms. The minimum absolute atomic E-state index is 0.0787. The Balaban J connectivity index is 1.44. The predicted molar refractivity (Wildman–Crippen MR) is 113 cm³/mol. The smallest absolute Gasteiger partial charge is 0.408 e. The number of anilines is 1. The van der Waals surface area contributed by atoms with Gasteiger partial charge in [0.1, 0.15) is 12.4 Å². The number of amides is 1. The Hall–Kier alpha value is -3.68. The molecule has 0 saturated carbocycles. The Bertz CT molecular complexity index is 1400. The first-order valence-electron chi connectivity index (χ1n) is 10.0. The summed E-state index contributed by atoms with van der Waals surface area (Å²) in [6, 6.07) is 12.1. The second kappa shape index (κ2) is 7.29. The maximum absolute atomic E-state index is 13.0. The predicted octanol–water partition coefficient (Wildman–Crippen LogP) is 2.67. The maximum Gasteiger partial charge on any atom is 0.420 e. The zero-order valence-electron chi connectivity index (χ0n) is 16.3. The van der Waals surface area contributed by atoms with Gasteiger partial charge in [0.25, 0.3) is 5.56 Å². The normalized spacial score (nSPS) is 13.9. The van der Waals surface area contributed by atoms with E-state index in [-0.39, 0.29) is 18.0 Å². The van der Waals surface area contributed by atoms with Crippen LogP contribution in [-0.4, -0.2) is 20.0 Å². The van der Waals surface area contributed by atoms with Gasteiger partial charge in [0.05, 0.1) is 16.4 Å². The van der Waals surface area contributed by atoms with E-state index in [9.17, 15) is 14.4 Å². The molecule has 8 nitrogen and oxygen atoms in total. The number of rotatable bonds is 3. The summed E-state index contributed by atoms with van der Waals surface area (Å²) in [5.41, 5.74) is 2.02. The van der Waals surface area contributed by atoms with E-state index < -0.39 is 5.76 Å². The second-order valence-electron chi connectivity index (χ2n) is 7.50. The van der Waals surface area contributed by atoms with Gasteiger partial charge in [-0.05, 0) is 43.2 Å². The molecule has 5 rings (SSSR count). The van der Waals surface area contributed by atoms with Crippen LogP contribution in [0.1, 0.15) is 25.1 Å². The quantitative estimate of drug-likeness (QED) is 0.566. The molecule has 0 fully saturated rings. The SMILES string of the molecule is O=C(Cn1c(=O)oc2ccccc21)Nc1ccc2nc3n(c(=O)c2c1)CCCCC3. The summed E-state index contributed by atoms with van der Waals surface area (Å²) in [6.45, 7) is 0.486. The van der Waals surface area contributed by atoms with Crippen LogP contribution in [0.25, 0.3) is 22.0 Å². The zero-order valence-corrected chi connectivity index (χ0v) is 16.3. The van der Waals surface area contributed by atoms with Crippen LogP contribution in [0.2, 0.25) is 0 Å². The van der Waals surface area contributed by atoms with Crippen molar-refractivity contribution in [1.29, 1.82) is 0 Å². The highest BCUT2D eigenvalue weighted by atomic mass is 16.4. The van der Waals surface area contributed by atoms with Gasteiger partial charge in [0.15, 0.2) is 5.58 Å². The number of fused-ring (bicyclic) bond motifs is 3. The molecule has 30 heavy (non-hydrogen) atoms. The molecule has 1 amide bonds. The van der Waals surface area contributed by atoms with E-state index in [0.717, 1.165) is 31.5 Å². The summed E-state index contributed by atoms with van der Waals surface area (Å²) in [4.78, 5) is 42.3. The Morgan fingerprint density at radius 3 is 2.87 bits per heavy atom. The number of carbonyl (C=O) groups excluding carboxylic acids is 1. The van der Waals surface area contributed by atoms with Crippen LogP contribution in [0.3, 0.4) is 0 Å². The fraction of sp³-hybridized carbons (Fsp3) is 0.273. The third kappa shape index (κ3) is 3.20. The molecule has 2 aromatic carbocycles. The molecule has 2 aromatic heterocycles. The summed E-state index contributed by atoms with van der Waals surface area (Å²) in [6.07, 6.45) is 3.89. The molecule has 152 valence electrons. The van der Waals surface area contributed by atoms with E-state index >= 15 is 0 Å². The topological polar surface area (TPSA) is 99.1 Å². The van der Waals surface area contributed by atoms with Crippen molar-refractivity contribution in [3.63, 3.8) is 0 Å². The summed E-state index contributed by atoms with van der Waals surface area (Å²) in [7, 11) is 0. The third-order valence-electron chi connectivity index (χ3n) is 5.47. The lowest BCUT2D eigenvalue weighted by Crippen LogP contribution is -2.26. The number of hydrogen-bond donors (Lipinski definition) is 1. The number of para-hydroxylation sites is 2. The van der Waals surface area contributed by atoms with E-state index in [1.54, 1.807) is 47.0 Å². The Kier molecular flexibility index (Phi) is 4.46. The van der Waals surface area contributed by atoms with E-state index in [1.165, 1.54) is 4.57 Å². The highest BCUT2D eigenvalue weighted by Gasteiger charge is 2.16. The Morgan fingerprint density at radius 1 is 1.10 bits per heavy atom. The van der Waals surface area contributed by atoms with Crippen molar-refractivity contribution in [2.24, 2.45) is 0 Å². The number of oxazole rings is 1. The third-order valence-corrected chi connectivity index (χ3v) is 5.47. The molecule has 0 radical (unpaired) electrons. The molecule has 3 heterocycles. The van der Waals surface area contributed by atoms with E-state index in [2.05, 4.69) is 10.3 Å².